The van der Waals surface area contributed by atoms with Gasteiger partial charge in [-0.15, -0.1) is 24.8 Å². The van der Waals surface area contributed by atoms with E-state index in [0.717, 1.165) is 24.3 Å². The van der Waals surface area contributed by atoms with Crippen molar-refractivity contribution in [3.05, 3.63) is 29.8 Å². The van der Waals surface area contributed by atoms with Gasteiger partial charge in [-0.2, -0.15) is 13.2 Å². The second-order valence-electron chi connectivity index (χ2n) is 2.04. The SMILES string of the molecule is Cl.Cl.Oc1ccc(C(F)(F)F)cc1. The van der Waals surface area contributed by atoms with E-state index in [4.69, 9.17) is 5.11 Å². The van der Waals surface area contributed by atoms with Gasteiger partial charge in [0.25, 0.3) is 0 Å². The maximum absolute atomic E-state index is 11.8. The Morgan fingerprint density at radius 3 is 1.62 bits per heavy atom. The Balaban J connectivity index is 0. The Bertz CT molecular complexity index is 245. The minimum Gasteiger partial charge on any atom is -0.508 e. The quantitative estimate of drug-likeness (QED) is 0.731. The summed E-state index contributed by atoms with van der Waals surface area (Å²) in [6.45, 7) is 0. The van der Waals surface area contributed by atoms with Gasteiger partial charge >= 0.3 is 6.18 Å². The summed E-state index contributed by atoms with van der Waals surface area (Å²) in [5.41, 5.74) is -0.754. The monoisotopic (exact) mass is 234 g/mol. The Hall–Kier alpha value is -0.610. The van der Waals surface area contributed by atoms with E-state index in [9.17, 15) is 13.2 Å². The van der Waals surface area contributed by atoms with Gasteiger partial charge in [0.15, 0.2) is 0 Å². The first kappa shape index (κ1) is 14.9. The lowest BCUT2D eigenvalue weighted by molar-refractivity contribution is -0.137. The maximum Gasteiger partial charge on any atom is 0.416 e. The van der Waals surface area contributed by atoms with E-state index in [1.165, 1.54) is 0 Å². The Morgan fingerprint density at radius 1 is 0.923 bits per heavy atom. The van der Waals surface area contributed by atoms with Gasteiger partial charge in [0, 0.05) is 0 Å². The van der Waals surface area contributed by atoms with Crippen LogP contribution in [0.5, 0.6) is 5.75 Å². The minimum atomic E-state index is -4.33. The molecule has 13 heavy (non-hydrogen) atoms. The van der Waals surface area contributed by atoms with E-state index in [1.54, 1.807) is 0 Å². The van der Waals surface area contributed by atoms with Crippen LogP contribution in [-0.4, -0.2) is 5.11 Å². The lowest BCUT2D eigenvalue weighted by Gasteiger charge is -2.04. The third-order valence-electron chi connectivity index (χ3n) is 1.19. The van der Waals surface area contributed by atoms with Crippen LogP contribution in [0.3, 0.4) is 0 Å². The van der Waals surface area contributed by atoms with Crippen molar-refractivity contribution in [2.24, 2.45) is 0 Å². The van der Waals surface area contributed by atoms with Gasteiger partial charge in [0.1, 0.15) is 5.75 Å². The standard InChI is InChI=1S/C7H5F3O.2ClH/c8-7(9,10)5-1-3-6(11)4-2-5;;/h1-4,11H;2*1H. The first-order chi connectivity index (χ1) is 5.00. The third-order valence-corrected chi connectivity index (χ3v) is 1.19. The highest BCUT2D eigenvalue weighted by atomic mass is 35.5. The molecule has 0 saturated carbocycles. The van der Waals surface area contributed by atoms with E-state index in [2.05, 4.69) is 0 Å². The molecule has 0 amide bonds. The van der Waals surface area contributed by atoms with Crippen molar-refractivity contribution in [1.29, 1.82) is 0 Å². The summed E-state index contributed by atoms with van der Waals surface area (Å²) in [4.78, 5) is 0. The Labute approximate surface area is 85.4 Å². The largest absolute Gasteiger partial charge is 0.508 e. The number of halogens is 5. The molecule has 0 saturated heterocycles. The second-order valence-corrected chi connectivity index (χ2v) is 2.04. The molecule has 0 aliphatic carbocycles. The number of phenols is 1. The van der Waals surface area contributed by atoms with Gasteiger partial charge in [-0.25, -0.2) is 0 Å². The number of phenolic OH excluding ortho intramolecular Hbond substituents is 1. The molecular weight excluding hydrogens is 228 g/mol. The lowest BCUT2D eigenvalue weighted by atomic mass is 10.2. The van der Waals surface area contributed by atoms with Crippen molar-refractivity contribution < 1.29 is 18.3 Å². The first-order valence-corrected chi connectivity index (χ1v) is 2.86. The molecular formula is C7H7Cl2F3O. The molecule has 76 valence electrons. The molecule has 0 heterocycles. The van der Waals surface area contributed by atoms with Gasteiger partial charge < -0.3 is 5.11 Å². The highest BCUT2D eigenvalue weighted by Crippen LogP contribution is 2.29. The molecule has 1 aromatic rings. The molecule has 0 aliphatic rings. The van der Waals surface area contributed by atoms with Crippen LogP contribution in [0.25, 0.3) is 0 Å². The van der Waals surface area contributed by atoms with Crippen molar-refractivity contribution >= 4 is 24.8 Å². The Kier molecular flexibility index (Phi) is 5.95. The van der Waals surface area contributed by atoms with Crippen molar-refractivity contribution in [1.82, 2.24) is 0 Å². The first-order valence-electron chi connectivity index (χ1n) is 2.86. The van der Waals surface area contributed by atoms with Crippen LogP contribution in [0.15, 0.2) is 24.3 Å². The molecule has 0 atom stereocenters. The molecule has 0 spiro atoms. The molecule has 0 aromatic heterocycles. The van der Waals surface area contributed by atoms with Crippen LogP contribution in [0, 0.1) is 0 Å². The number of hydrogen-bond donors (Lipinski definition) is 1. The van der Waals surface area contributed by atoms with Crippen molar-refractivity contribution in [2.75, 3.05) is 0 Å². The van der Waals surface area contributed by atoms with Crippen LogP contribution >= 0.6 is 24.8 Å². The van der Waals surface area contributed by atoms with E-state index < -0.39 is 11.7 Å². The molecule has 0 bridgehead atoms. The summed E-state index contributed by atoms with van der Waals surface area (Å²) in [6.07, 6.45) is -4.33. The van der Waals surface area contributed by atoms with Crippen molar-refractivity contribution in [3.63, 3.8) is 0 Å². The van der Waals surface area contributed by atoms with Crippen molar-refractivity contribution in [2.45, 2.75) is 6.18 Å². The second kappa shape index (κ2) is 5.19. The third kappa shape index (κ3) is 4.24. The van der Waals surface area contributed by atoms with Crippen LogP contribution in [-0.2, 0) is 6.18 Å². The highest BCUT2D eigenvalue weighted by Gasteiger charge is 2.29. The number of rotatable bonds is 0. The summed E-state index contributed by atoms with van der Waals surface area (Å²) in [5.74, 6) is -0.169. The zero-order valence-electron chi connectivity index (χ0n) is 6.21. The Morgan fingerprint density at radius 2 is 1.31 bits per heavy atom. The average Bonchev–Trinajstić information content (AvgIpc) is 1.86. The zero-order chi connectivity index (χ0) is 8.48. The minimum absolute atomic E-state index is 0. The van der Waals surface area contributed by atoms with Gasteiger partial charge in [0.2, 0.25) is 0 Å². The summed E-state index contributed by atoms with van der Waals surface area (Å²) < 4.78 is 35.5. The van der Waals surface area contributed by atoms with Crippen LogP contribution in [0.1, 0.15) is 5.56 Å². The maximum atomic E-state index is 11.8. The molecule has 6 heteroatoms. The number of aromatic hydroxyl groups is 1. The lowest BCUT2D eigenvalue weighted by Crippen LogP contribution is -2.03. The van der Waals surface area contributed by atoms with Gasteiger partial charge in [0.05, 0.1) is 5.56 Å². The van der Waals surface area contributed by atoms with E-state index >= 15 is 0 Å². The predicted molar refractivity (Wildman–Crippen MR) is 47.6 cm³/mol. The van der Waals surface area contributed by atoms with Crippen LogP contribution in [0.4, 0.5) is 13.2 Å². The van der Waals surface area contributed by atoms with E-state index in [0.29, 0.717) is 0 Å². The molecule has 0 unspecified atom stereocenters. The number of benzene rings is 1. The van der Waals surface area contributed by atoms with Gasteiger partial charge in [-0.1, -0.05) is 0 Å². The molecule has 1 aromatic carbocycles. The predicted octanol–water partition coefficient (Wildman–Crippen LogP) is 3.25. The molecule has 1 rings (SSSR count). The summed E-state index contributed by atoms with van der Waals surface area (Å²) in [6, 6.07) is 3.66. The fourth-order valence-electron chi connectivity index (χ4n) is 0.650. The van der Waals surface area contributed by atoms with Crippen LogP contribution < -0.4 is 0 Å². The number of hydrogen-bond acceptors (Lipinski definition) is 1. The zero-order valence-corrected chi connectivity index (χ0v) is 7.84. The van der Waals surface area contributed by atoms with Gasteiger partial charge in [-0.05, 0) is 24.3 Å². The molecule has 0 fully saturated rings. The fraction of sp³-hybridized carbons (Fsp3) is 0.143. The molecule has 0 aliphatic heterocycles. The van der Waals surface area contributed by atoms with Crippen LogP contribution in [0.2, 0.25) is 0 Å². The molecule has 0 radical (unpaired) electrons. The van der Waals surface area contributed by atoms with Gasteiger partial charge in [-0.3, -0.25) is 0 Å². The topological polar surface area (TPSA) is 20.2 Å². The summed E-state index contributed by atoms with van der Waals surface area (Å²) in [5, 5.41) is 8.66. The summed E-state index contributed by atoms with van der Waals surface area (Å²) in [7, 11) is 0. The average molecular weight is 235 g/mol. The fourth-order valence-corrected chi connectivity index (χ4v) is 0.650. The summed E-state index contributed by atoms with van der Waals surface area (Å²) >= 11 is 0. The smallest absolute Gasteiger partial charge is 0.416 e. The normalized spacial score (nSPS) is 9.77. The number of alkyl halides is 3. The highest BCUT2D eigenvalue weighted by molar-refractivity contribution is 5.85. The molecule has 1 nitrogen and oxygen atoms in total. The van der Waals surface area contributed by atoms with E-state index in [-0.39, 0.29) is 30.6 Å². The molecule has 1 N–H and O–H groups in total. The van der Waals surface area contributed by atoms with E-state index in [1.807, 2.05) is 0 Å². The van der Waals surface area contributed by atoms with Crippen molar-refractivity contribution in [3.8, 4) is 5.75 Å².